The first-order chi connectivity index (χ1) is 13.5. The highest BCUT2D eigenvalue weighted by atomic mass is 16.3. The summed E-state index contributed by atoms with van der Waals surface area (Å²) in [6, 6.07) is 17.6. The van der Waals surface area contributed by atoms with Gasteiger partial charge in [-0.25, -0.2) is 0 Å². The van der Waals surface area contributed by atoms with E-state index < -0.39 is 5.72 Å². The second-order valence-corrected chi connectivity index (χ2v) is 8.41. The lowest BCUT2D eigenvalue weighted by atomic mass is 9.86. The third-order valence-corrected chi connectivity index (χ3v) is 5.25. The minimum absolute atomic E-state index is 0.0565. The van der Waals surface area contributed by atoms with Crippen molar-refractivity contribution in [1.82, 2.24) is 0 Å². The Kier molecular flexibility index (Phi) is 6.52. The highest BCUT2D eigenvalue weighted by molar-refractivity contribution is 5.67. The third kappa shape index (κ3) is 4.86. The normalized spacial score (nSPS) is 13.0. The average Bonchev–Trinajstić information content (AvgIpc) is 2.67. The summed E-state index contributed by atoms with van der Waals surface area (Å²) in [5, 5.41) is 29.4. The van der Waals surface area contributed by atoms with E-state index in [0.717, 1.165) is 22.4 Å². The van der Waals surface area contributed by atoms with Crippen molar-refractivity contribution < 1.29 is 5.11 Å². The quantitative estimate of drug-likeness (QED) is 0.550. The van der Waals surface area contributed by atoms with Gasteiger partial charge in [0.05, 0.1) is 0 Å². The van der Waals surface area contributed by atoms with E-state index in [1.165, 1.54) is 5.56 Å². The molecule has 0 spiro atoms. The monoisotopic (exact) mass is 387 g/mol. The Hall–Kier alpha value is -3.08. The maximum atomic E-state index is 11.4. The number of aliphatic hydroxyl groups is 1. The van der Waals surface area contributed by atoms with Gasteiger partial charge in [0, 0.05) is 17.8 Å². The van der Waals surface area contributed by atoms with Crippen LogP contribution >= 0.6 is 0 Å². The molecule has 1 N–H and O–H groups in total. The molecule has 0 saturated carbocycles. The summed E-state index contributed by atoms with van der Waals surface area (Å²) in [4.78, 5) is 1.94. The predicted octanol–water partition coefficient (Wildman–Crippen LogP) is 5.41. The van der Waals surface area contributed by atoms with E-state index in [2.05, 4.69) is 32.9 Å². The highest BCUT2D eigenvalue weighted by Crippen LogP contribution is 2.33. The Morgan fingerprint density at radius 1 is 1.00 bits per heavy atom. The molecule has 0 saturated heterocycles. The molecule has 0 amide bonds. The molecule has 4 heteroatoms. The number of allylic oxidation sites excluding steroid dienone is 1. The molecule has 29 heavy (non-hydrogen) atoms. The van der Waals surface area contributed by atoms with Crippen LogP contribution in [0.5, 0.6) is 0 Å². The van der Waals surface area contributed by atoms with Crippen LogP contribution in [0.3, 0.4) is 0 Å². The lowest BCUT2D eigenvalue weighted by Gasteiger charge is -2.39. The van der Waals surface area contributed by atoms with E-state index in [4.69, 9.17) is 10.5 Å². The summed E-state index contributed by atoms with van der Waals surface area (Å²) in [6.07, 6.45) is 1.58. The number of anilines is 1. The van der Waals surface area contributed by atoms with Gasteiger partial charge in [-0.15, -0.1) is 0 Å². The molecule has 1 unspecified atom stereocenters. The first-order valence-corrected chi connectivity index (χ1v) is 9.78. The summed E-state index contributed by atoms with van der Waals surface area (Å²) in [6.45, 7) is 12.9. The fraction of sp³-hybridized carbons (Fsp3) is 0.360. The largest absolute Gasteiger partial charge is 0.367 e. The lowest BCUT2D eigenvalue weighted by molar-refractivity contribution is 0.0537. The highest BCUT2D eigenvalue weighted by Gasteiger charge is 2.31. The topological polar surface area (TPSA) is 71.0 Å². The molecule has 0 fully saturated rings. The van der Waals surface area contributed by atoms with Crippen molar-refractivity contribution in [3.63, 3.8) is 0 Å². The molecule has 0 aliphatic heterocycles. The molecule has 0 aliphatic rings. The van der Waals surface area contributed by atoms with Crippen LogP contribution in [-0.2, 0) is 11.1 Å². The summed E-state index contributed by atoms with van der Waals surface area (Å²) >= 11 is 0. The number of nitrogens with zero attached hydrogens (tertiary/aromatic N) is 3. The molecule has 2 aromatic carbocycles. The zero-order valence-corrected chi connectivity index (χ0v) is 18.1. The Balaban J connectivity index is 2.42. The standard InChI is InChI=1S/C25H29N3O/c1-7-28(23-13-8-20(18(2)14-23)15-19(16-26)17-27)25(6,29)22-11-9-21(10-12-22)24(3,4)5/h8-15,29H,7H2,1-6H3. The summed E-state index contributed by atoms with van der Waals surface area (Å²) in [5.41, 5.74) is 3.62. The van der Waals surface area contributed by atoms with Crippen LogP contribution < -0.4 is 4.90 Å². The van der Waals surface area contributed by atoms with Crippen molar-refractivity contribution >= 4 is 11.8 Å². The molecule has 0 aromatic heterocycles. The van der Waals surface area contributed by atoms with Gasteiger partial charge < -0.3 is 10.0 Å². The van der Waals surface area contributed by atoms with Gasteiger partial charge in [-0.3, -0.25) is 0 Å². The number of benzene rings is 2. The van der Waals surface area contributed by atoms with Crippen LogP contribution in [0.1, 0.15) is 56.9 Å². The van der Waals surface area contributed by atoms with Crippen molar-refractivity contribution in [3.05, 3.63) is 70.3 Å². The van der Waals surface area contributed by atoms with Crippen molar-refractivity contribution in [1.29, 1.82) is 10.5 Å². The van der Waals surface area contributed by atoms with E-state index in [1.807, 2.05) is 61.2 Å². The maximum Gasteiger partial charge on any atom is 0.161 e. The molecule has 4 nitrogen and oxygen atoms in total. The van der Waals surface area contributed by atoms with Crippen LogP contribution in [0, 0.1) is 29.6 Å². The average molecular weight is 388 g/mol. The second-order valence-electron chi connectivity index (χ2n) is 8.41. The molecule has 150 valence electrons. The predicted molar refractivity (Wildman–Crippen MR) is 118 cm³/mol. The van der Waals surface area contributed by atoms with Gasteiger partial charge in [-0.05, 0) is 61.1 Å². The van der Waals surface area contributed by atoms with Gasteiger partial charge in [0.25, 0.3) is 0 Å². The smallest absolute Gasteiger partial charge is 0.161 e. The van der Waals surface area contributed by atoms with Crippen LogP contribution in [0.4, 0.5) is 5.69 Å². The van der Waals surface area contributed by atoms with Gasteiger partial charge in [0.1, 0.15) is 17.7 Å². The van der Waals surface area contributed by atoms with Crippen molar-refractivity contribution in [3.8, 4) is 12.1 Å². The van der Waals surface area contributed by atoms with E-state index in [1.54, 1.807) is 13.0 Å². The van der Waals surface area contributed by atoms with Gasteiger partial charge >= 0.3 is 0 Å². The van der Waals surface area contributed by atoms with Gasteiger partial charge in [-0.2, -0.15) is 10.5 Å². The molecule has 2 rings (SSSR count). The Labute approximate surface area is 174 Å². The van der Waals surface area contributed by atoms with E-state index in [0.29, 0.717) is 6.54 Å². The van der Waals surface area contributed by atoms with E-state index in [9.17, 15) is 5.11 Å². The van der Waals surface area contributed by atoms with E-state index in [-0.39, 0.29) is 11.0 Å². The second kappa shape index (κ2) is 8.52. The first kappa shape index (κ1) is 22.2. The summed E-state index contributed by atoms with van der Waals surface area (Å²) < 4.78 is 0. The first-order valence-electron chi connectivity index (χ1n) is 9.78. The number of nitriles is 2. The number of hydrogen-bond donors (Lipinski definition) is 1. The molecular formula is C25H29N3O. The molecule has 2 aromatic rings. The fourth-order valence-electron chi connectivity index (χ4n) is 3.42. The van der Waals surface area contributed by atoms with Gasteiger partial charge in [-0.1, -0.05) is 51.1 Å². The molecule has 0 radical (unpaired) electrons. The minimum atomic E-state index is -1.18. The molecular weight excluding hydrogens is 358 g/mol. The minimum Gasteiger partial charge on any atom is -0.367 e. The molecule has 0 aliphatic carbocycles. The maximum absolute atomic E-state index is 11.4. The van der Waals surface area contributed by atoms with Crippen LogP contribution in [0.25, 0.3) is 6.08 Å². The number of aryl methyl sites for hydroxylation is 1. The van der Waals surface area contributed by atoms with Crippen LogP contribution in [0.2, 0.25) is 0 Å². The zero-order chi connectivity index (χ0) is 21.8. The van der Waals surface area contributed by atoms with Gasteiger partial charge in [0.2, 0.25) is 0 Å². The molecule has 0 bridgehead atoms. The molecule has 0 heterocycles. The number of rotatable bonds is 5. The summed E-state index contributed by atoms with van der Waals surface area (Å²) in [7, 11) is 0. The van der Waals surface area contributed by atoms with Crippen molar-refractivity contribution in [2.45, 2.75) is 52.7 Å². The SMILES string of the molecule is CCN(c1ccc(C=C(C#N)C#N)c(C)c1)C(C)(O)c1ccc(C(C)(C)C)cc1. The number of hydrogen-bond acceptors (Lipinski definition) is 4. The zero-order valence-electron chi connectivity index (χ0n) is 18.1. The third-order valence-electron chi connectivity index (χ3n) is 5.25. The fourth-order valence-corrected chi connectivity index (χ4v) is 3.42. The van der Waals surface area contributed by atoms with Crippen molar-refractivity contribution in [2.24, 2.45) is 0 Å². The molecule has 1 atom stereocenters. The Bertz CT molecular complexity index is 965. The van der Waals surface area contributed by atoms with E-state index >= 15 is 0 Å². The van der Waals surface area contributed by atoms with Crippen LogP contribution in [0.15, 0.2) is 48.0 Å². The van der Waals surface area contributed by atoms with Crippen LogP contribution in [-0.4, -0.2) is 11.7 Å². The Morgan fingerprint density at radius 3 is 2.00 bits per heavy atom. The van der Waals surface area contributed by atoms with Gasteiger partial charge in [0.15, 0.2) is 5.72 Å². The lowest BCUT2D eigenvalue weighted by Crippen LogP contribution is -2.44. The summed E-state index contributed by atoms with van der Waals surface area (Å²) in [5.74, 6) is 0. The Morgan fingerprint density at radius 2 is 1.55 bits per heavy atom. The van der Waals surface area contributed by atoms with Crippen molar-refractivity contribution in [2.75, 3.05) is 11.4 Å².